The maximum Gasteiger partial charge on any atom is 0.139 e. The van der Waals surface area contributed by atoms with Crippen molar-refractivity contribution in [1.82, 2.24) is 9.78 Å². The number of oxime groups is 1. The molecule has 19 heavy (non-hydrogen) atoms. The molecule has 0 atom stereocenters. The number of amidine groups is 1. The van der Waals surface area contributed by atoms with Crippen LogP contribution in [0.25, 0.3) is 11.1 Å². The summed E-state index contributed by atoms with van der Waals surface area (Å²) in [6.45, 7) is 0.839. The van der Waals surface area contributed by atoms with Gasteiger partial charge in [0.1, 0.15) is 5.84 Å². The Morgan fingerprint density at radius 2 is 2.00 bits per heavy atom. The average molecular weight is 258 g/mol. The molecule has 0 unspecified atom stereocenters. The van der Waals surface area contributed by atoms with Crippen molar-refractivity contribution in [3.63, 3.8) is 0 Å². The van der Waals surface area contributed by atoms with Gasteiger partial charge in [0.25, 0.3) is 0 Å². The molecule has 0 spiro atoms. The maximum absolute atomic E-state index is 8.43. The van der Waals surface area contributed by atoms with E-state index in [-0.39, 0.29) is 5.84 Å². The third kappa shape index (κ3) is 3.84. The highest BCUT2D eigenvalue weighted by Crippen LogP contribution is 2.17. The fourth-order valence-electron chi connectivity index (χ4n) is 1.90. The van der Waals surface area contributed by atoms with Crippen LogP contribution in [0.3, 0.4) is 0 Å². The summed E-state index contributed by atoms with van der Waals surface area (Å²) in [6.07, 6.45) is 6.36. The van der Waals surface area contributed by atoms with Crippen LogP contribution in [0.2, 0.25) is 0 Å². The number of nitrogens with zero attached hydrogens (tertiary/aromatic N) is 3. The minimum absolute atomic E-state index is 0.283. The lowest BCUT2D eigenvalue weighted by molar-refractivity contribution is 0.316. The van der Waals surface area contributed by atoms with Crippen LogP contribution in [-0.4, -0.2) is 20.8 Å². The van der Waals surface area contributed by atoms with E-state index in [0.717, 1.165) is 24.9 Å². The van der Waals surface area contributed by atoms with Crippen LogP contribution in [0.15, 0.2) is 47.9 Å². The van der Waals surface area contributed by atoms with Crippen LogP contribution in [0.1, 0.15) is 19.3 Å². The number of aryl methyl sites for hydroxylation is 1. The van der Waals surface area contributed by atoms with E-state index in [1.165, 1.54) is 5.56 Å². The molecule has 2 rings (SSSR count). The Labute approximate surface area is 112 Å². The Balaban J connectivity index is 1.85. The quantitative estimate of drug-likeness (QED) is 0.275. The summed E-state index contributed by atoms with van der Waals surface area (Å²) in [4.78, 5) is 0. The zero-order valence-corrected chi connectivity index (χ0v) is 10.7. The molecule has 0 fully saturated rings. The number of hydrogen-bond acceptors (Lipinski definition) is 3. The molecular formula is C14H18N4O. The summed E-state index contributed by atoms with van der Waals surface area (Å²) in [5, 5.41) is 15.7. The van der Waals surface area contributed by atoms with E-state index >= 15 is 0 Å². The molecule has 5 heteroatoms. The van der Waals surface area contributed by atoms with Crippen LogP contribution in [-0.2, 0) is 6.54 Å². The van der Waals surface area contributed by atoms with E-state index in [0.29, 0.717) is 6.42 Å². The van der Waals surface area contributed by atoms with E-state index in [1.54, 1.807) is 0 Å². The van der Waals surface area contributed by atoms with Gasteiger partial charge in [-0.2, -0.15) is 5.10 Å². The van der Waals surface area contributed by atoms with Crippen molar-refractivity contribution in [2.24, 2.45) is 10.9 Å². The van der Waals surface area contributed by atoms with Crippen LogP contribution in [0.4, 0.5) is 0 Å². The number of benzene rings is 1. The molecule has 0 amide bonds. The Hall–Kier alpha value is -2.30. The second kappa shape index (κ2) is 6.58. The summed E-state index contributed by atoms with van der Waals surface area (Å²) in [7, 11) is 0. The van der Waals surface area contributed by atoms with E-state index in [9.17, 15) is 0 Å². The van der Waals surface area contributed by atoms with Crippen molar-refractivity contribution < 1.29 is 5.21 Å². The molecule has 0 aliphatic rings. The highest BCUT2D eigenvalue weighted by atomic mass is 16.4. The van der Waals surface area contributed by atoms with Crippen LogP contribution >= 0.6 is 0 Å². The molecule has 5 nitrogen and oxygen atoms in total. The van der Waals surface area contributed by atoms with Gasteiger partial charge in [-0.25, -0.2) is 0 Å². The number of nitrogens with two attached hydrogens (primary N) is 1. The average Bonchev–Trinajstić information content (AvgIpc) is 2.93. The first-order valence-corrected chi connectivity index (χ1v) is 6.34. The lowest BCUT2D eigenvalue weighted by atomic mass is 10.1. The van der Waals surface area contributed by atoms with Crippen molar-refractivity contribution in [2.45, 2.75) is 25.8 Å². The zero-order valence-electron chi connectivity index (χ0n) is 10.7. The van der Waals surface area contributed by atoms with Gasteiger partial charge in [-0.05, 0) is 18.4 Å². The number of rotatable bonds is 6. The first kappa shape index (κ1) is 13.1. The van der Waals surface area contributed by atoms with Crippen molar-refractivity contribution >= 4 is 5.84 Å². The molecule has 1 aromatic heterocycles. The van der Waals surface area contributed by atoms with E-state index in [2.05, 4.69) is 22.4 Å². The number of hydrogen-bond donors (Lipinski definition) is 2. The Morgan fingerprint density at radius 3 is 2.74 bits per heavy atom. The SMILES string of the molecule is NC(CCCCn1cc(-c2ccccc2)cn1)=NO. The molecule has 0 bridgehead atoms. The van der Waals surface area contributed by atoms with Gasteiger partial charge in [-0.15, -0.1) is 0 Å². The van der Waals surface area contributed by atoms with Gasteiger partial charge in [0, 0.05) is 24.7 Å². The van der Waals surface area contributed by atoms with Crippen molar-refractivity contribution in [3.8, 4) is 11.1 Å². The monoisotopic (exact) mass is 258 g/mol. The smallest absolute Gasteiger partial charge is 0.139 e. The Bertz CT molecular complexity index is 533. The minimum Gasteiger partial charge on any atom is -0.409 e. The van der Waals surface area contributed by atoms with Gasteiger partial charge in [-0.3, -0.25) is 4.68 Å². The normalized spacial score (nSPS) is 11.7. The molecule has 0 aliphatic heterocycles. The molecule has 3 N–H and O–H groups in total. The Kier molecular flexibility index (Phi) is 4.55. The van der Waals surface area contributed by atoms with Gasteiger partial charge in [-0.1, -0.05) is 35.5 Å². The topological polar surface area (TPSA) is 76.4 Å². The van der Waals surface area contributed by atoms with Gasteiger partial charge in [0.2, 0.25) is 0 Å². The summed E-state index contributed by atoms with van der Waals surface area (Å²) >= 11 is 0. The molecule has 100 valence electrons. The number of unbranched alkanes of at least 4 members (excludes halogenated alkanes) is 1. The molecule has 1 heterocycles. The molecule has 0 radical (unpaired) electrons. The molecular weight excluding hydrogens is 240 g/mol. The fraction of sp³-hybridized carbons (Fsp3) is 0.286. The third-order valence-electron chi connectivity index (χ3n) is 2.94. The first-order valence-electron chi connectivity index (χ1n) is 6.34. The largest absolute Gasteiger partial charge is 0.409 e. The summed E-state index contributed by atoms with van der Waals surface area (Å²) in [5.74, 6) is 0.283. The second-order valence-corrected chi connectivity index (χ2v) is 4.41. The highest BCUT2D eigenvalue weighted by molar-refractivity contribution is 5.79. The summed E-state index contributed by atoms with van der Waals surface area (Å²) in [5.41, 5.74) is 7.70. The molecule has 0 saturated carbocycles. The molecule has 0 aliphatic carbocycles. The van der Waals surface area contributed by atoms with Crippen LogP contribution in [0, 0.1) is 0 Å². The molecule has 0 saturated heterocycles. The van der Waals surface area contributed by atoms with Crippen LogP contribution in [0.5, 0.6) is 0 Å². The minimum atomic E-state index is 0.283. The summed E-state index contributed by atoms with van der Waals surface area (Å²) < 4.78 is 1.93. The molecule has 1 aromatic carbocycles. The van der Waals surface area contributed by atoms with Crippen molar-refractivity contribution in [2.75, 3.05) is 0 Å². The molecule has 2 aromatic rings. The predicted molar refractivity (Wildman–Crippen MR) is 74.9 cm³/mol. The van der Waals surface area contributed by atoms with E-state index in [4.69, 9.17) is 10.9 Å². The Morgan fingerprint density at radius 1 is 1.21 bits per heavy atom. The fourth-order valence-corrected chi connectivity index (χ4v) is 1.90. The van der Waals surface area contributed by atoms with Crippen molar-refractivity contribution in [3.05, 3.63) is 42.7 Å². The first-order chi connectivity index (χ1) is 9.29. The van der Waals surface area contributed by atoms with Crippen molar-refractivity contribution in [1.29, 1.82) is 0 Å². The standard InChI is InChI=1S/C14H18N4O/c15-14(17-19)8-4-5-9-18-11-13(10-16-18)12-6-2-1-3-7-12/h1-3,6-7,10-11,19H,4-5,8-9H2,(H2,15,17). The van der Waals surface area contributed by atoms with Gasteiger partial charge < -0.3 is 10.9 Å². The van der Waals surface area contributed by atoms with Crippen LogP contribution < -0.4 is 5.73 Å². The van der Waals surface area contributed by atoms with Gasteiger partial charge in [0.15, 0.2) is 0 Å². The predicted octanol–water partition coefficient (Wildman–Crippen LogP) is 2.47. The highest BCUT2D eigenvalue weighted by Gasteiger charge is 2.01. The lowest BCUT2D eigenvalue weighted by Gasteiger charge is -2.01. The summed E-state index contributed by atoms with van der Waals surface area (Å²) in [6, 6.07) is 10.2. The third-order valence-corrected chi connectivity index (χ3v) is 2.94. The van der Waals surface area contributed by atoms with E-state index in [1.807, 2.05) is 35.3 Å². The lowest BCUT2D eigenvalue weighted by Crippen LogP contribution is -2.11. The van der Waals surface area contributed by atoms with Gasteiger partial charge in [0.05, 0.1) is 6.20 Å². The number of aromatic nitrogens is 2. The van der Waals surface area contributed by atoms with Gasteiger partial charge >= 0.3 is 0 Å². The maximum atomic E-state index is 8.43. The zero-order chi connectivity index (χ0) is 13.5. The second-order valence-electron chi connectivity index (χ2n) is 4.41. The van der Waals surface area contributed by atoms with E-state index < -0.39 is 0 Å².